The average molecular weight is 755 g/mol. The minimum absolute atomic E-state index is 0. The van der Waals surface area contributed by atoms with Crippen molar-refractivity contribution in [3.63, 3.8) is 0 Å². The molecule has 2 heterocycles. The van der Waals surface area contributed by atoms with E-state index in [2.05, 4.69) is 10.6 Å². The molecule has 4 aliphatic rings. The van der Waals surface area contributed by atoms with Crippen LogP contribution in [0, 0.1) is 14.9 Å². The van der Waals surface area contributed by atoms with Gasteiger partial charge in [0.05, 0.1) is 0 Å². The summed E-state index contributed by atoms with van der Waals surface area (Å²) in [4.78, 5) is 24.6. The number of rotatable bonds is 0. The van der Waals surface area contributed by atoms with E-state index >= 15 is 0 Å². The van der Waals surface area contributed by atoms with Gasteiger partial charge in [0.2, 0.25) is 0 Å². The van der Waals surface area contributed by atoms with E-state index in [4.69, 9.17) is 34.1 Å². The fourth-order valence-corrected chi connectivity index (χ4v) is 4.21. The van der Waals surface area contributed by atoms with Gasteiger partial charge in [-0.2, -0.15) is 0 Å². The van der Waals surface area contributed by atoms with Crippen LogP contribution in [0.1, 0.15) is 84.9 Å². The van der Waals surface area contributed by atoms with E-state index in [-0.39, 0.29) is 37.8 Å². The second-order valence-corrected chi connectivity index (χ2v) is 15.8. The second kappa shape index (κ2) is 22.7. The molecule has 0 N–H and O–H groups in total. The van der Waals surface area contributed by atoms with Crippen LogP contribution in [0.4, 0.5) is 11.4 Å². The van der Waals surface area contributed by atoms with Crippen LogP contribution in [-0.2, 0) is 41.7 Å². The van der Waals surface area contributed by atoms with Gasteiger partial charge < -0.3 is 25.5 Å². The summed E-state index contributed by atoms with van der Waals surface area (Å²) in [5.41, 5.74) is 2.53. The molecule has 204 valence electrons. The molecule has 0 unspecified atom stereocenters. The fraction of sp³-hybridized carbons (Fsp3) is 0.357. The van der Waals surface area contributed by atoms with Crippen LogP contribution in [0.5, 0.6) is 0 Å². The van der Waals surface area contributed by atoms with Gasteiger partial charge in [-0.05, 0) is 0 Å². The van der Waals surface area contributed by atoms with Crippen molar-refractivity contribution in [2.24, 2.45) is 0 Å². The third kappa shape index (κ3) is 12.3. The molecule has 0 amide bonds. The third-order valence-electron chi connectivity index (χ3n) is 5.92. The number of halogens is 4. The number of para-hydroxylation sites is 2. The summed E-state index contributed by atoms with van der Waals surface area (Å²) in [7, 11) is 19.7. The van der Waals surface area contributed by atoms with Crippen LogP contribution in [0.2, 0.25) is 0 Å². The van der Waals surface area contributed by atoms with E-state index in [9.17, 15) is 9.59 Å². The number of Topliss-reactive ketones (excluding diaryl/α,β-unsaturated/α-hetero) is 2. The number of allylic oxidation sites excluding steroid dienone is 2. The van der Waals surface area contributed by atoms with Crippen molar-refractivity contribution in [2.45, 2.75) is 64.2 Å². The summed E-state index contributed by atoms with van der Waals surface area (Å²) < 4.78 is 0. The molecule has 10 heteroatoms. The van der Waals surface area contributed by atoms with Gasteiger partial charge in [-0.25, -0.2) is 0 Å². The summed E-state index contributed by atoms with van der Waals surface area (Å²) in [6.07, 6.45) is 15.0. The first-order chi connectivity index (χ1) is 17.6. The number of nitrogens with zero attached hydrogens (tertiary/aromatic N) is 2. The van der Waals surface area contributed by atoms with Gasteiger partial charge in [0.1, 0.15) is 0 Å². The number of benzene rings is 2. The standard InChI is InChI=1S/C16H10N2O2.2C5H10.2CH3.4ClH.2Zr/c19-15-9-5-1-3-7-11(9)17-13(15)14-16(20)10-6-2-4-8-12(10)18-14;2*1-2-4-5-3-1;;;;;;;;/h1-8H,(H2,17,18,19,20);2*1-5H2;2*1H3;4*1H;;/q;;;2*-1;;;;;2*+4/p-6. The van der Waals surface area contributed by atoms with E-state index in [1.807, 2.05) is 12.1 Å². The molecule has 0 bridgehead atoms. The van der Waals surface area contributed by atoms with Crippen LogP contribution in [-0.4, -0.2) is 11.6 Å². The molecule has 2 saturated carbocycles. The molecule has 6 rings (SSSR count). The molecular formula is C28H34Cl4N2O2Zr2. The number of hydrogen-bond acceptors (Lipinski definition) is 2. The molecule has 2 aliphatic heterocycles. The number of carbonyl (C=O) groups is 2. The van der Waals surface area contributed by atoms with E-state index in [1.165, 1.54) is 64.2 Å². The zero-order valence-corrected chi connectivity index (χ0v) is 29.9. The van der Waals surface area contributed by atoms with E-state index in [0.29, 0.717) is 22.5 Å². The van der Waals surface area contributed by atoms with Gasteiger partial charge in [-0.3, -0.25) is 9.59 Å². The SMILES string of the molecule is C1CCCC1.C1CCCC1.O=C1C(=C2[N-]c3ccccc3C2=O)[N-]c2ccccc21.[CH3-].[CH3-].[Cl][Zr+2][Cl].[Cl][Zr+2][Cl]. The zero-order chi connectivity index (χ0) is 26.2. The first kappa shape index (κ1) is 38.0. The zero-order valence-electron chi connectivity index (χ0n) is 21.9. The molecule has 0 radical (unpaired) electrons. The molecule has 2 aromatic rings. The van der Waals surface area contributed by atoms with Gasteiger partial charge in [0.15, 0.2) is 11.6 Å². The molecule has 2 aliphatic carbocycles. The Labute approximate surface area is 266 Å². The Morgan fingerprint density at radius 1 is 0.500 bits per heavy atom. The predicted octanol–water partition coefficient (Wildman–Crippen LogP) is 11.6. The molecule has 0 saturated heterocycles. The van der Waals surface area contributed by atoms with Crippen molar-refractivity contribution in [3.8, 4) is 0 Å². The van der Waals surface area contributed by atoms with Crippen molar-refractivity contribution in [1.29, 1.82) is 0 Å². The molecule has 2 fully saturated rings. The molecule has 2 aromatic carbocycles. The quantitative estimate of drug-likeness (QED) is 0.199. The predicted molar refractivity (Wildman–Crippen MR) is 157 cm³/mol. The Kier molecular flexibility index (Phi) is 22.7. The Bertz CT molecular complexity index is 919. The monoisotopic (exact) mass is 750 g/mol. The summed E-state index contributed by atoms with van der Waals surface area (Å²) in [5.74, 6) is -0.471. The second-order valence-electron chi connectivity index (χ2n) is 8.29. The fourth-order valence-electron chi connectivity index (χ4n) is 4.21. The maximum atomic E-state index is 12.3. The Balaban J connectivity index is 0.000000627. The topological polar surface area (TPSA) is 62.3 Å². The molecular weight excluding hydrogens is 721 g/mol. The van der Waals surface area contributed by atoms with E-state index in [1.54, 1.807) is 36.4 Å². The van der Waals surface area contributed by atoms with Crippen LogP contribution in [0.15, 0.2) is 59.9 Å². The van der Waals surface area contributed by atoms with Crippen molar-refractivity contribution < 1.29 is 51.3 Å². The van der Waals surface area contributed by atoms with Gasteiger partial charge in [-0.15, -0.1) is 11.4 Å². The first-order valence-corrected chi connectivity index (χ1v) is 24.6. The summed E-state index contributed by atoms with van der Waals surface area (Å²) >= 11 is -1.65. The third-order valence-corrected chi connectivity index (χ3v) is 5.92. The van der Waals surface area contributed by atoms with Crippen LogP contribution in [0.25, 0.3) is 10.6 Å². The van der Waals surface area contributed by atoms with Crippen LogP contribution < -0.4 is 0 Å². The number of hydrogen-bond donors (Lipinski definition) is 0. The van der Waals surface area contributed by atoms with E-state index < -0.39 is 41.7 Å². The van der Waals surface area contributed by atoms with Gasteiger partial charge in [0, 0.05) is 11.1 Å². The molecule has 0 atom stereocenters. The van der Waals surface area contributed by atoms with Gasteiger partial charge >= 0.3 is 75.7 Å². The van der Waals surface area contributed by atoms with Gasteiger partial charge in [-0.1, -0.05) is 124 Å². The van der Waals surface area contributed by atoms with Crippen LogP contribution in [0.3, 0.4) is 0 Å². The number of carbonyl (C=O) groups excluding carboxylic acids is 2. The average Bonchev–Trinajstić information content (AvgIpc) is 3.71. The Morgan fingerprint density at radius 3 is 0.974 bits per heavy atom. The van der Waals surface area contributed by atoms with Gasteiger partial charge in [0.25, 0.3) is 0 Å². The van der Waals surface area contributed by atoms with Crippen molar-refractivity contribution >= 4 is 57.0 Å². The summed E-state index contributed by atoms with van der Waals surface area (Å²) in [5, 5.41) is 8.53. The number of fused-ring (bicyclic) bond motifs is 2. The molecule has 0 aromatic heterocycles. The summed E-state index contributed by atoms with van der Waals surface area (Å²) in [6, 6.07) is 14.1. The Hall–Kier alpha value is 0.0462. The van der Waals surface area contributed by atoms with Crippen molar-refractivity contribution in [2.75, 3.05) is 0 Å². The van der Waals surface area contributed by atoms with Crippen LogP contribution >= 0.6 is 34.1 Å². The normalized spacial score (nSPS) is 17.1. The Morgan fingerprint density at radius 2 is 0.737 bits per heavy atom. The number of ketones is 2. The maximum absolute atomic E-state index is 12.3. The first-order valence-electron chi connectivity index (χ1n) is 12.0. The van der Waals surface area contributed by atoms with E-state index in [0.717, 1.165) is 0 Å². The van der Waals surface area contributed by atoms with Crippen molar-refractivity contribution in [3.05, 3.63) is 96.5 Å². The molecule has 38 heavy (non-hydrogen) atoms. The molecule has 4 nitrogen and oxygen atoms in total. The minimum atomic E-state index is -0.826. The summed E-state index contributed by atoms with van der Waals surface area (Å²) in [6.45, 7) is 0. The van der Waals surface area contributed by atoms with Crippen molar-refractivity contribution in [1.82, 2.24) is 0 Å². The molecule has 0 spiro atoms.